The molecule has 0 amide bonds. The third-order valence-electron chi connectivity index (χ3n) is 5.23. The van der Waals surface area contributed by atoms with E-state index in [1.807, 2.05) is 12.1 Å². The molecule has 1 aromatic carbocycles. The van der Waals surface area contributed by atoms with Gasteiger partial charge in [0.25, 0.3) is 0 Å². The van der Waals surface area contributed by atoms with Crippen LogP contribution in [0.4, 0.5) is 0 Å². The Bertz CT molecular complexity index is 584. The minimum absolute atomic E-state index is 0.300. The summed E-state index contributed by atoms with van der Waals surface area (Å²) in [5, 5.41) is 5.44. The van der Waals surface area contributed by atoms with Crippen LogP contribution in [-0.4, -0.2) is 8.42 Å². The summed E-state index contributed by atoms with van der Waals surface area (Å²) >= 11 is 0. The van der Waals surface area contributed by atoms with Crippen molar-refractivity contribution in [2.75, 3.05) is 0 Å². The fourth-order valence-electron chi connectivity index (χ4n) is 3.68. The van der Waals surface area contributed by atoms with Gasteiger partial charge in [0, 0.05) is 0 Å². The van der Waals surface area contributed by atoms with E-state index in [0.717, 1.165) is 31.2 Å². The molecule has 0 aliphatic heterocycles. The lowest BCUT2D eigenvalue weighted by Crippen LogP contribution is -2.16. The van der Waals surface area contributed by atoms with Crippen molar-refractivity contribution in [3.8, 4) is 0 Å². The average molecular weight is 382 g/mol. The highest BCUT2D eigenvalue weighted by molar-refractivity contribution is 7.89. The van der Waals surface area contributed by atoms with Gasteiger partial charge in [-0.2, -0.15) is 0 Å². The van der Waals surface area contributed by atoms with Crippen LogP contribution in [0.15, 0.2) is 29.2 Å². The number of rotatable bonds is 15. The zero-order valence-corrected chi connectivity index (χ0v) is 17.7. The Morgan fingerprint density at radius 2 is 1.27 bits per heavy atom. The summed E-state index contributed by atoms with van der Waals surface area (Å²) in [7, 11) is -3.65. The second-order valence-corrected chi connectivity index (χ2v) is 9.07. The SMILES string of the molecule is CCCCCCCCCCCC(CCCC)c1ccccc1S(N)(=O)=O. The Morgan fingerprint density at radius 1 is 0.769 bits per heavy atom. The summed E-state index contributed by atoms with van der Waals surface area (Å²) in [6.07, 6.45) is 16.2. The van der Waals surface area contributed by atoms with Gasteiger partial charge in [-0.15, -0.1) is 0 Å². The number of hydrogen-bond acceptors (Lipinski definition) is 2. The maximum atomic E-state index is 11.9. The van der Waals surface area contributed by atoms with Crippen LogP contribution in [0.5, 0.6) is 0 Å². The van der Waals surface area contributed by atoms with Crippen LogP contribution in [0.2, 0.25) is 0 Å². The van der Waals surface area contributed by atoms with Gasteiger partial charge in [0.1, 0.15) is 0 Å². The van der Waals surface area contributed by atoms with Gasteiger partial charge >= 0.3 is 0 Å². The first-order chi connectivity index (χ1) is 12.5. The molecule has 0 saturated heterocycles. The van der Waals surface area contributed by atoms with Crippen LogP contribution < -0.4 is 5.14 Å². The molecule has 26 heavy (non-hydrogen) atoms. The number of sulfonamides is 1. The van der Waals surface area contributed by atoms with Crippen LogP contribution in [0, 0.1) is 0 Å². The number of primary sulfonamides is 1. The third kappa shape index (κ3) is 9.18. The summed E-state index contributed by atoms with van der Waals surface area (Å²) < 4.78 is 23.9. The molecular formula is C22H39NO2S. The molecule has 4 heteroatoms. The van der Waals surface area contributed by atoms with Gasteiger partial charge in [-0.05, 0) is 30.4 Å². The summed E-state index contributed by atoms with van der Waals surface area (Å²) in [6.45, 7) is 4.43. The summed E-state index contributed by atoms with van der Waals surface area (Å²) in [4.78, 5) is 0.317. The first-order valence-corrected chi connectivity index (χ1v) is 12.2. The summed E-state index contributed by atoms with van der Waals surface area (Å²) in [5.74, 6) is 0.300. The Morgan fingerprint density at radius 3 is 1.85 bits per heavy atom. The van der Waals surface area contributed by atoms with Gasteiger partial charge < -0.3 is 0 Å². The maximum absolute atomic E-state index is 11.9. The first-order valence-electron chi connectivity index (χ1n) is 10.6. The molecule has 0 radical (unpaired) electrons. The van der Waals surface area contributed by atoms with Gasteiger partial charge in [0.15, 0.2) is 0 Å². The van der Waals surface area contributed by atoms with E-state index in [1.165, 1.54) is 57.8 Å². The van der Waals surface area contributed by atoms with Gasteiger partial charge in [0.05, 0.1) is 4.90 Å². The third-order valence-corrected chi connectivity index (χ3v) is 6.21. The van der Waals surface area contributed by atoms with Gasteiger partial charge in [-0.3, -0.25) is 0 Å². The lowest BCUT2D eigenvalue weighted by molar-refractivity contribution is 0.491. The Kier molecular flexibility index (Phi) is 11.9. The molecule has 2 N–H and O–H groups in total. The maximum Gasteiger partial charge on any atom is 0.238 e. The van der Waals surface area contributed by atoms with Crippen molar-refractivity contribution in [3.63, 3.8) is 0 Å². The highest BCUT2D eigenvalue weighted by atomic mass is 32.2. The molecule has 150 valence electrons. The van der Waals surface area contributed by atoms with Gasteiger partial charge in [-0.1, -0.05) is 103 Å². The van der Waals surface area contributed by atoms with Crippen molar-refractivity contribution >= 4 is 10.0 Å². The van der Waals surface area contributed by atoms with E-state index in [0.29, 0.717) is 10.8 Å². The Hall–Kier alpha value is -0.870. The van der Waals surface area contributed by atoms with E-state index in [2.05, 4.69) is 13.8 Å². The molecular weight excluding hydrogens is 342 g/mol. The summed E-state index contributed by atoms with van der Waals surface area (Å²) in [5.41, 5.74) is 0.919. The van der Waals surface area contributed by atoms with E-state index < -0.39 is 10.0 Å². The van der Waals surface area contributed by atoms with Crippen molar-refractivity contribution in [3.05, 3.63) is 29.8 Å². The van der Waals surface area contributed by atoms with Crippen molar-refractivity contribution in [1.29, 1.82) is 0 Å². The predicted molar refractivity (Wildman–Crippen MR) is 112 cm³/mol. The smallest absolute Gasteiger partial charge is 0.225 e. The molecule has 3 nitrogen and oxygen atoms in total. The predicted octanol–water partition coefficient (Wildman–Crippen LogP) is 6.53. The Balaban J connectivity index is 2.51. The highest BCUT2D eigenvalue weighted by Gasteiger charge is 2.20. The number of hydrogen-bond donors (Lipinski definition) is 1. The normalized spacial score (nSPS) is 13.0. The molecule has 1 aromatic rings. The Labute approximate surface area is 161 Å². The van der Waals surface area contributed by atoms with E-state index in [-0.39, 0.29) is 0 Å². The van der Waals surface area contributed by atoms with Gasteiger partial charge in [-0.25, -0.2) is 13.6 Å². The average Bonchev–Trinajstić information content (AvgIpc) is 2.62. The van der Waals surface area contributed by atoms with E-state index in [1.54, 1.807) is 12.1 Å². The molecule has 0 heterocycles. The molecule has 0 aromatic heterocycles. The molecule has 0 saturated carbocycles. The number of nitrogens with two attached hydrogens (primary N) is 1. The lowest BCUT2D eigenvalue weighted by Gasteiger charge is -2.20. The van der Waals surface area contributed by atoms with Crippen LogP contribution in [0.3, 0.4) is 0 Å². The molecule has 0 aliphatic carbocycles. The molecule has 0 aliphatic rings. The fraction of sp³-hybridized carbons (Fsp3) is 0.727. The van der Waals surface area contributed by atoms with Crippen molar-refractivity contribution < 1.29 is 8.42 Å². The fourth-order valence-corrected chi connectivity index (χ4v) is 4.52. The molecule has 1 rings (SSSR count). The van der Waals surface area contributed by atoms with Crippen LogP contribution in [0.25, 0.3) is 0 Å². The van der Waals surface area contributed by atoms with E-state index in [9.17, 15) is 8.42 Å². The first kappa shape index (κ1) is 23.2. The van der Waals surface area contributed by atoms with Crippen molar-refractivity contribution in [2.24, 2.45) is 5.14 Å². The second-order valence-electron chi connectivity index (χ2n) is 7.54. The quantitative estimate of drug-likeness (QED) is 0.351. The molecule has 1 unspecified atom stereocenters. The van der Waals surface area contributed by atoms with Crippen LogP contribution in [-0.2, 0) is 10.0 Å². The van der Waals surface area contributed by atoms with Crippen LogP contribution in [0.1, 0.15) is 109 Å². The monoisotopic (exact) mass is 381 g/mol. The zero-order valence-electron chi connectivity index (χ0n) is 16.9. The number of unbranched alkanes of at least 4 members (excludes halogenated alkanes) is 9. The zero-order chi connectivity index (χ0) is 19.3. The largest absolute Gasteiger partial charge is 0.238 e. The molecule has 0 fully saturated rings. The topological polar surface area (TPSA) is 60.2 Å². The van der Waals surface area contributed by atoms with Crippen LogP contribution >= 0.6 is 0 Å². The van der Waals surface area contributed by atoms with Crippen molar-refractivity contribution in [2.45, 2.75) is 108 Å². The lowest BCUT2D eigenvalue weighted by atomic mass is 9.88. The molecule has 1 atom stereocenters. The highest BCUT2D eigenvalue weighted by Crippen LogP contribution is 2.32. The summed E-state index contributed by atoms with van der Waals surface area (Å²) in [6, 6.07) is 7.30. The standard InChI is InChI=1S/C22H39NO2S/c1-3-5-7-8-9-10-11-12-13-17-20(16-6-4-2)21-18-14-15-19-22(21)26(23,24)25/h14-15,18-20H,3-13,16-17H2,1-2H3,(H2,23,24,25). The van der Waals surface area contributed by atoms with Gasteiger partial charge in [0.2, 0.25) is 10.0 Å². The minimum Gasteiger partial charge on any atom is -0.225 e. The molecule has 0 bridgehead atoms. The molecule has 0 spiro atoms. The van der Waals surface area contributed by atoms with E-state index >= 15 is 0 Å². The second kappa shape index (κ2) is 13.3. The number of benzene rings is 1. The van der Waals surface area contributed by atoms with E-state index in [4.69, 9.17) is 5.14 Å². The minimum atomic E-state index is -3.65. The van der Waals surface area contributed by atoms with Crippen molar-refractivity contribution in [1.82, 2.24) is 0 Å².